The lowest BCUT2D eigenvalue weighted by Gasteiger charge is -2.23. The van der Waals surface area contributed by atoms with E-state index in [2.05, 4.69) is 296 Å². The zero-order valence-corrected chi connectivity index (χ0v) is 79.3. The molecule has 0 spiro atoms. The smallest absolute Gasteiger partial charge is 0.242 e. The SMILES string of the molecule is CC(C)c1ccc2[nH]cnc2n1.CC(C)c1ccc2c(n1)NCCCC2.CC(C)c1ccc2c(n1)NCCCC2.CC(C)c1ccc2c(n1)NC[B]C2.CC(C)c1ccc2c(n1)NOCC2.CCC1=Nc2cnccc2[B]1.CNc1cc(=O)c2ccccc2[nH]1.Cc1cc(=O)c2ccc(C(C)C)cc2[nH]1.Cc1ccc2c(n1)CB(C(C)(C)C)C2.NC1=Nc2cnccc2[B]1. The highest BCUT2D eigenvalue weighted by atomic mass is 16.6. The second-order valence-electron chi connectivity index (χ2n) is 36.4. The van der Waals surface area contributed by atoms with Gasteiger partial charge in [0.15, 0.2) is 29.0 Å². The molecule has 0 aliphatic carbocycles. The standard InChI is InChI=1S/C13H15NO.C12H18BN.2C12H18N2.C10H14BN2.C10H14N2O.C10H10N2O.C9H11N3.C8H8BN2.C6H5BN3/c1-8(2)10-4-5-11-12(7-10)14-9(3)6-13(11)15;1-9-5-6-10-7-13(12(2,3)4)8-11(10)14-9;2*1-9(2)11-7-6-10-5-3-4-8-13-12(10)14-11;1-7(2)9-4-3-8-5-11-6-12-10(8)13-9;1-7(2)9-4-3-8-5-6-13-12-10(8)11-9;1-11-10-6-9(13)7-4-2-3-5-8(7)12-10;1-6(2)7-3-4-8-9(12-7)11-5-10-8;1-2-8-9-6-3-4-10-5-7(6)11-8;8-6-7-4-1-2-9-3-5(4)10-6/h4-8H,1-3H3,(H,14,15);5-6H,7-8H2,1-4H3;2*6-7,9H,3-5,8H2,1-2H3,(H,13,14);3-4,7H,5-6H2,1-2H3,(H,12,13);3-4,7H,5-6H2,1-2H3,(H,11,12);2-6H,1H3,(H2,11,12,13);3-6H,1-2H3,(H,10,11,12);3-5H,2H2,1H3;1-3H,(H2,8,10). The van der Waals surface area contributed by atoms with E-state index in [-0.39, 0.29) is 10.9 Å². The fourth-order valence-corrected chi connectivity index (χ4v) is 15.1. The normalized spacial score (nSPS) is 13.8. The molecule has 2 aromatic carbocycles. The van der Waals surface area contributed by atoms with Crippen molar-refractivity contribution in [2.75, 3.05) is 59.9 Å². The summed E-state index contributed by atoms with van der Waals surface area (Å²) in [4.78, 5) is 85.4. The van der Waals surface area contributed by atoms with Crippen molar-refractivity contribution >= 4 is 124 Å². The highest BCUT2D eigenvalue weighted by Crippen LogP contribution is 2.36. The van der Waals surface area contributed by atoms with E-state index in [1.807, 2.05) is 74.9 Å². The summed E-state index contributed by atoms with van der Waals surface area (Å²) in [5.41, 5.74) is 35.1. The topological polar surface area (TPSA) is 318 Å². The second-order valence-corrected chi connectivity index (χ2v) is 36.4. The number of aryl methyl sites for hydroxylation is 4. The van der Waals surface area contributed by atoms with Crippen LogP contribution in [0, 0.1) is 13.8 Å². The Morgan fingerprint density at radius 1 is 0.519 bits per heavy atom. The number of aromatic nitrogens is 12. The zero-order chi connectivity index (χ0) is 92.3. The van der Waals surface area contributed by atoms with Crippen molar-refractivity contribution in [3.05, 3.63) is 270 Å². The Morgan fingerprint density at radius 3 is 1.64 bits per heavy atom. The number of anilines is 5. The molecule has 27 heteroatoms. The number of para-hydroxylation sites is 1. The van der Waals surface area contributed by atoms with Crippen molar-refractivity contribution in [2.24, 2.45) is 15.7 Å². The van der Waals surface area contributed by atoms with Gasteiger partial charge in [-0.15, -0.1) is 0 Å². The Bertz CT molecular complexity index is 5930. The number of nitrogens with two attached hydrogens (primary N) is 1. The summed E-state index contributed by atoms with van der Waals surface area (Å²) in [6.07, 6.45) is 22.4. The van der Waals surface area contributed by atoms with Crippen molar-refractivity contribution in [1.82, 2.24) is 59.8 Å². The third kappa shape index (κ3) is 28.4. The summed E-state index contributed by atoms with van der Waals surface area (Å²) >= 11 is 0. The van der Waals surface area contributed by atoms with Crippen molar-refractivity contribution < 1.29 is 4.84 Å². The number of nitrogens with one attached hydrogen (secondary N) is 8. The van der Waals surface area contributed by atoms with Gasteiger partial charge < -0.3 is 42.0 Å². The summed E-state index contributed by atoms with van der Waals surface area (Å²) in [7, 11) is 7.95. The number of hydrogen-bond donors (Lipinski definition) is 9. The number of hydrogen-bond acceptors (Lipinski definition) is 20. The van der Waals surface area contributed by atoms with Crippen LogP contribution in [0.15, 0.2) is 190 Å². The average Bonchev–Trinajstić information content (AvgIpc) is 1.52. The van der Waals surface area contributed by atoms with Gasteiger partial charge in [-0.3, -0.25) is 34.4 Å². The minimum Gasteiger partial charge on any atom is -0.395 e. The minimum absolute atomic E-state index is 0.0405. The summed E-state index contributed by atoms with van der Waals surface area (Å²) in [6, 6.07) is 46.3. The molecule has 0 unspecified atom stereocenters. The molecule has 669 valence electrons. The van der Waals surface area contributed by atoms with Crippen LogP contribution in [0.2, 0.25) is 5.31 Å². The van der Waals surface area contributed by atoms with E-state index in [9.17, 15) is 9.59 Å². The van der Waals surface area contributed by atoms with Crippen molar-refractivity contribution in [3.8, 4) is 0 Å². The van der Waals surface area contributed by atoms with Gasteiger partial charge in [-0.2, -0.15) is 0 Å². The highest BCUT2D eigenvalue weighted by Gasteiger charge is 2.35. The van der Waals surface area contributed by atoms with Gasteiger partial charge in [0.1, 0.15) is 30.6 Å². The molecule has 129 heavy (non-hydrogen) atoms. The lowest BCUT2D eigenvalue weighted by Crippen LogP contribution is -2.26. The lowest BCUT2D eigenvalue weighted by atomic mass is 9.33. The number of benzene rings is 2. The molecule has 0 fully saturated rings. The molecule has 7 aliphatic rings. The van der Waals surface area contributed by atoms with Crippen molar-refractivity contribution in [3.63, 3.8) is 0 Å². The molecular weight excluding hydrogens is 1600 g/mol. The summed E-state index contributed by atoms with van der Waals surface area (Å²) in [5, 5.41) is 14.9. The Morgan fingerprint density at radius 2 is 1.06 bits per heavy atom. The van der Waals surface area contributed by atoms with Crippen molar-refractivity contribution in [1.29, 1.82) is 0 Å². The fraction of sp³-hybridized carbons (Fsp3) is 0.402. The zero-order valence-electron chi connectivity index (χ0n) is 79.3. The molecule has 0 atom stereocenters. The highest BCUT2D eigenvalue weighted by molar-refractivity contribution is 6.88. The van der Waals surface area contributed by atoms with E-state index >= 15 is 0 Å². The molecule has 0 bridgehead atoms. The van der Waals surface area contributed by atoms with Crippen LogP contribution >= 0.6 is 0 Å². The predicted octanol–water partition coefficient (Wildman–Crippen LogP) is 19.5. The largest absolute Gasteiger partial charge is 0.395 e. The first kappa shape index (κ1) is 97.5. The molecule has 23 nitrogen and oxygen atoms in total. The van der Waals surface area contributed by atoms with E-state index in [4.69, 9.17) is 10.6 Å². The molecule has 0 amide bonds. The van der Waals surface area contributed by atoms with Gasteiger partial charge in [-0.25, -0.2) is 40.4 Å². The van der Waals surface area contributed by atoms with Gasteiger partial charge in [0.25, 0.3) is 0 Å². The average molecular weight is 1730 g/mol. The number of fused-ring (bicyclic) bond motifs is 10. The summed E-state index contributed by atoms with van der Waals surface area (Å²) < 4.78 is 0. The van der Waals surface area contributed by atoms with Crippen LogP contribution in [0.25, 0.3) is 33.0 Å². The predicted molar refractivity (Wildman–Crippen MR) is 543 cm³/mol. The maximum atomic E-state index is 11.7. The van der Waals surface area contributed by atoms with Gasteiger partial charge in [0, 0.05) is 113 Å². The van der Waals surface area contributed by atoms with E-state index < -0.39 is 0 Å². The molecule has 0 saturated carbocycles. The third-order valence-electron chi connectivity index (χ3n) is 23.2. The molecular formula is C102H131B4N20O3. The first-order valence-corrected chi connectivity index (χ1v) is 46.1. The Hall–Kier alpha value is -12.1. The van der Waals surface area contributed by atoms with E-state index in [1.54, 1.807) is 50.3 Å². The Kier molecular flexibility index (Phi) is 35.7. The minimum atomic E-state index is 0.0405. The van der Waals surface area contributed by atoms with E-state index in [0.29, 0.717) is 46.6 Å². The van der Waals surface area contributed by atoms with E-state index in [0.717, 1.165) is 159 Å². The maximum absolute atomic E-state index is 11.7. The number of amidine groups is 1. The lowest BCUT2D eigenvalue weighted by molar-refractivity contribution is 0.185. The molecule has 0 saturated heterocycles. The van der Waals surface area contributed by atoms with Gasteiger partial charge in [-0.05, 0) is 243 Å². The number of pyridine rings is 10. The quantitative estimate of drug-likeness (QED) is 0.0638. The number of nitrogens with zero attached hydrogens (tertiary/aromatic N) is 11. The van der Waals surface area contributed by atoms with Crippen LogP contribution in [0.3, 0.4) is 0 Å². The van der Waals surface area contributed by atoms with Gasteiger partial charge >= 0.3 is 0 Å². The molecule has 7 aliphatic heterocycles. The number of imidazole rings is 1. The number of aromatic amines is 3. The molecule has 11 aromatic heterocycles. The summed E-state index contributed by atoms with van der Waals surface area (Å²) in [5.74, 6) is 7.91. The second kappa shape index (κ2) is 47.3. The number of H-pyrrole nitrogens is 3. The first-order valence-electron chi connectivity index (χ1n) is 46.1. The van der Waals surface area contributed by atoms with E-state index in [1.165, 1.54) is 113 Å². The van der Waals surface area contributed by atoms with Crippen LogP contribution in [0.4, 0.5) is 40.5 Å². The fourth-order valence-electron chi connectivity index (χ4n) is 15.1. The van der Waals surface area contributed by atoms with Gasteiger partial charge in [-0.1, -0.05) is 170 Å². The Balaban J connectivity index is 0.000000139. The van der Waals surface area contributed by atoms with Crippen LogP contribution in [0.1, 0.15) is 257 Å². The third-order valence-corrected chi connectivity index (χ3v) is 23.2. The van der Waals surface area contributed by atoms with Crippen LogP contribution in [-0.4, -0.2) is 133 Å². The molecule has 20 rings (SSSR count). The maximum Gasteiger partial charge on any atom is 0.242 e. The van der Waals surface area contributed by atoms with Crippen molar-refractivity contribution in [2.45, 2.75) is 236 Å². The van der Waals surface area contributed by atoms with Crippen LogP contribution in [0.5, 0.6) is 0 Å². The molecule has 10 N–H and O–H groups in total. The monoisotopic (exact) mass is 1730 g/mol. The van der Waals surface area contributed by atoms with Gasteiger partial charge in [0.2, 0.25) is 14.6 Å². The summed E-state index contributed by atoms with van der Waals surface area (Å²) in [6.45, 7) is 42.6. The number of rotatable bonds is 8. The van der Waals surface area contributed by atoms with Gasteiger partial charge in [0.05, 0.1) is 53.5 Å². The Labute approximate surface area is 765 Å². The van der Waals surface area contributed by atoms with Crippen LogP contribution in [-0.2, 0) is 43.1 Å². The molecule has 18 heterocycles. The van der Waals surface area contributed by atoms with Crippen LogP contribution < -0.4 is 54.3 Å². The molecule has 3 radical (unpaired) electrons. The number of aliphatic imine (C=N–C) groups is 2. The first-order chi connectivity index (χ1) is 62.0. The molecule has 13 aromatic rings.